The first-order valence-corrected chi connectivity index (χ1v) is 6.22. The van der Waals surface area contributed by atoms with Crippen LogP contribution in [-0.4, -0.2) is 0 Å². The monoisotopic (exact) mass is 232 g/mol. The molecule has 0 saturated carbocycles. The number of nitrogens with one attached hydrogen (secondary N) is 1. The average molecular weight is 232 g/mol. The Labute approximate surface area is 100 Å². The van der Waals surface area contributed by atoms with E-state index in [1.807, 2.05) is 12.1 Å². The van der Waals surface area contributed by atoms with Crippen molar-refractivity contribution in [3.63, 3.8) is 0 Å². The maximum atomic E-state index is 5.63. The molecule has 0 fully saturated rings. The number of hydrogen-bond acceptors (Lipinski definition) is 3. The van der Waals surface area contributed by atoms with Crippen LogP contribution in [0.3, 0.4) is 0 Å². The summed E-state index contributed by atoms with van der Waals surface area (Å²) in [6.07, 6.45) is 0. The van der Waals surface area contributed by atoms with E-state index in [0.29, 0.717) is 0 Å². The van der Waals surface area contributed by atoms with Crippen molar-refractivity contribution in [2.75, 3.05) is 5.73 Å². The highest BCUT2D eigenvalue weighted by Crippen LogP contribution is 2.15. The zero-order valence-electron chi connectivity index (χ0n) is 9.36. The molecule has 16 heavy (non-hydrogen) atoms. The summed E-state index contributed by atoms with van der Waals surface area (Å²) in [5.41, 5.74) is 9.09. The van der Waals surface area contributed by atoms with Gasteiger partial charge in [-0.25, -0.2) is 0 Å². The SMILES string of the molecule is Cc1ccsc1CNCc1ccc(N)cc1. The molecule has 2 nitrogen and oxygen atoms in total. The quantitative estimate of drug-likeness (QED) is 0.795. The van der Waals surface area contributed by atoms with Crippen LogP contribution >= 0.6 is 11.3 Å². The van der Waals surface area contributed by atoms with E-state index in [4.69, 9.17) is 5.73 Å². The molecule has 0 saturated heterocycles. The van der Waals surface area contributed by atoms with Gasteiger partial charge in [-0.1, -0.05) is 12.1 Å². The summed E-state index contributed by atoms with van der Waals surface area (Å²) < 4.78 is 0. The molecule has 0 bridgehead atoms. The van der Waals surface area contributed by atoms with Crippen molar-refractivity contribution in [3.8, 4) is 0 Å². The van der Waals surface area contributed by atoms with E-state index in [9.17, 15) is 0 Å². The van der Waals surface area contributed by atoms with E-state index in [0.717, 1.165) is 18.8 Å². The number of nitrogens with two attached hydrogens (primary N) is 1. The molecule has 0 spiro atoms. The van der Waals surface area contributed by atoms with E-state index < -0.39 is 0 Å². The van der Waals surface area contributed by atoms with Gasteiger partial charge in [-0.05, 0) is 41.6 Å². The molecule has 0 atom stereocenters. The molecule has 1 aromatic heterocycles. The number of nitrogen functional groups attached to an aromatic ring is 1. The first-order chi connectivity index (χ1) is 7.75. The van der Waals surface area contributed by atoms with Crippen LogP contribution in [0.1, 0.15) is 16.0 Å². The highest BCUT2D eigenvalue weighted by molar-refractivity contribution is 7.10. The summed E-state index contributed by atoms with van der Waals surface area (Å²) in [5.74, 6) is 0. The van der Waals surface area contributed by atoms with Crippen LogP contribution in [-0.2, 0) is 13.1 Å². The number of anilines is 1. The topological polar surface area (TPSA) is 38.0 Å². The Morgan fingerprint density at radius 1 is 1.12 bits per heavy atom. The van der Waals surface area contributed by atoms with Crippen LogP contribution < -0.4 is 11.1 Å². The van der Waals surface area contributed by atoms with Gasteiger partial charge in [-0.3, -0.25) is 0 Å². The number of thiophene rings is 1. The van der Waals surface area contributed by atoms with Crippen molar-refractivity contribution >= 4 is 17.0 Å². The highest BCUT2D eigenvalue weighted by atomic mass is 32.1. The molecule has 2 aromatic rings. The second kappa shape index (κ2) is 5.14. The predicted octanol–water partition coefficient (Wildman–Crippen LogP) is 2.93. The third-order valence-electron chi connectivity index (χ3n) is 2.56. The van der Waals surface area contributed by atoms with Gasteiger partial charge in [0.2, 0.25) is 0 Å². The van der Waals surface area contributed by atoms with Crippen LogP contribution in [0.4, 0.5) is 5.69 Å². The molecule has 2 rings (SSSR count). The van der Waals surface area contributed by atoms with Gasteiger partial charge in [-0.2, -0.15) is 0 Å². The smallest absolute Gasteiger partial charge is 0.0314 e. The van der Waals surface area contributed by atoms with Gasteiger partial charge in [0.1, 0.15) is 0 Å². The Morgan fingerprint density at radius 3 is 2.50 bits per heavy atom. The summed E-state index contributed by atoms with van der Waals surface area (Å²) in [5, 5.41) is 5.57. The van der Waals surface area contributed by atoms with E-state index >= 15 is 0 Å². The molecule has 3 N–H and O–H groups in total. The van der Waals surface area contributed by atoms with Crippen molar-refractivity contribution in [2.45, 2.75) is 20.0 Å². The fourth-order valence-corrected chi connectivity index (χ4v) is 2.42. The highest BCUT2D eigenvalue weighted by Gasteiger charge is 1.99. The zero-order chi connectivity index (χ0) is 11.4. The summed E-state index contributed by atoms with van der Waals surface area (Å²) in [7, 11) is 0. The van der Waals surface area contributed by atoms with E-state index in [1.54, 1.807) is 11.3 Å². The Bertz CT molecular complexity index is 445. The van der Waals surface area contributed by atoms with Gasteiger partial charge in [0.05, 0.1) is 0 Å². The van der Waals surface area contributed by atoms with Crippen molar-refractivity contribution < 1.29 is 0 Å². The first kappa shape index (κ1) is 11.2. The van der Waals surface area contributed by atoms with Crippen molar-refractivity contribution in [1.82, 2.24) is 5.32 Å². The van der Waals surface area contributed by atoms with Gasteiger partial charge >= 0.3 is 0 Å². The van der Waals surface area contributed by atoms with Crippen molar-refractivity contribution in [1.29, 1.82) is 0 Å². The Balaban J connectivity index is 1.84. The molecular weight excluding hydrogens is 216 g/mol. The van der Waals surface area contributed by atoms with E-state index in [2.05, 4.69) is 35.8 Å². The summed E-state index contributed by atoms with van der Waals surface area (Å²) in [4.78, 5) is 1.41. The Hall–Kier alpha value is -1.32. The van der Waals surface area contributed by atoms with Gasteiger partial charge < -0.3 is 11.1 Å². The van der Waals surface area contributed by atoms with Crippen molar-refractivity contribution in [3.05, 3.63) is 51.7 Å². The third-order valence-corrected chi connectivity index (χ3v) is 3.59. The number of hydrogen-bond donors (Lipinski definition) is 2. The van der Waals surface area contributed by atoms with Crippen LogP contribution in [0.5, 0.6) is 0 Å². The van der Waals surface area contributed by atoms with Crippen LogP contribution in [0.2, 0.25) is 0 Å². The van der Waals surface area contributed by atoms with E-state index in [-0.39, 0.29) is 0 Å². The molecule has 84 valence electrons. The predicted molar refractivity (Wildman–Crippen MR) is 70.5 cm³/mol. The molecule has 0 radical (unpaired) electrons. The lowest BCUT2D eigenvalue weighted by Gasteiger charge is -2.04. The summed E-state index contributed by atoms with van der Waals surface area (Å²) in [6, 6.07) is 10.2. The maximum Gasteiger partial charge on any atom is 0.0314 e. The normalized spacial score (nSPS) is 10.6. The maximum absolute atomic E-state index is 5.63. The lowest BCUT2D eigenvalue weighted by atomic mass is 10.2. The first-order valence-electron chi connectivity index (χ1n) is 5.34. The van der Waals surface area contributed by atoms with Crippen LogP contribution in [0.25, 0.3) is 0 Å². The Kier molecular flexibility index (Phi) is 3.59. The average Bonchev–Trinajstić information content (AvgIpc) is 2.68. The van der Waals surface area contributed by atoms with Crippen LogP contribution in [0.15, 0.2) is 35.7 Å². The summed E-state index contributed by atoms with van der Waals surface area (Å²) in [6.45, 7) is 3.97. The number of rotatable bonds is 4. The largest absolute Gasteiger partial charge is 0.399 e. The lowest BCUT2D eigenvalue weighted by Crippen LogP contribution is -2.12. The fourth-order valence-electron chi connectivity index (χ4n) is 1.54. The van der Waals surface area contributed by atoms with Crippen molar-refractivity contribution in [2.24, 2.45) is 0 Å². The minimum Gasteiger partial charge on any atom is -0.399 e. The fraction of sp³-hybridized carbons (Fsp3) is 0.231. The molecule has 0 aliphatic carbocycles. The summed E-state index contributed by atoms with van der Waals surface area (Å²) >= 11 is 1.80. The molecular formula is C13H16N2S. The van der Waals surface area contributed by atoms with Gasteiger partial charge in [0, 0.05) is 23.7 Å². The third kappa shape index (κ3) is 2.84. The van der Waals surface area contributed by atoms with Gasteiger partial charge in [-0.15, -0.1) is 11.3 Å². The Morgan fingerprint density at radius 2 is 1.88 bits per heavy atom. The number of benzene rings is 1. The second-order valence-electron chi connectivity index (χ2n) is 3.87. The molecule has 3 heteroatoms. The standard InChI is InChI=1S/C13H16N2S/c1-10-6-7-16-13(10)9-15-8-11-2-4-12(14)5-3-11/h2-7,15H,8-9,14H2,1H3. The van der Waals surface area contributed by atoms with E-state index in [1.165, 1.54) is 16.0 Å². The molecule has 1 aromatic carbocycles. The molecule has 1 heterocycles. The number of aryl methyl sites for hydroxylation is 1. The lowest BCUT2D eigenvalue weighted by molar-refractivity contribution is 0.699. The molecule has 0 amide bonds. The molecule has 0 aliphatic rings. The second-order valence-corrected chi connectivity index (χ2v) is 4.87. The molecule has 0 unspecified atom stereocenters. The van der Waals surface area contributed by atoms with Crippen LogP contribution in [0, 0.1) is 6.92 Å². The zero-order valence-corrected chi connectivity index (χ0v) is 10.2. The minimum atomic E-state index is 0.817. The van der Waals surface area contributed by atoms with Gasteiger partial charge in [0.15, 0.2) is 0 Å². The minimum absolute atomic E-state index is 0.817. The molecule has 0 aliphatic heterocycles. The van der Waals surface area contributed by atoms with Gasteiger partial charge in [0.25, 0.3) is 0 Å².